The summed E-state index contributed by atoms with van der Waals surface area (Å²) in [6, 6.07) is 21.5. The van der Waals surface area contributed by atoms with Gasteiger partial charge >= 0.3 is 0 Å². The second kappa shape index (κ2) is 10.2. The van der Waals surface area contributed by atoms with Gasteiger partial charge in [-0.1, -0.05) is 54.1 Å². The highest BCUT2D eigenvalue weighted by Crippen LogP contribution is 2.27. The molecule has 3 heterocycles. The average Bonchev–Trinajstić information content (AvgIpc) is 3.36. The number of rotatable bonds is 5. The Kier molecular flexibility index (Phi) is 6.62. The Morgan fingerprint density at radius 1 is 0.972 bits per heavy atom. The topological polar surface area (TPSA) is 80.1 Å². The maximum Gasteiger partial charge on any atom is 0.257 e. The molecule has 182 valence electrons. The Labute approximate surface area is 210 Å². The third-order valence-electron chi connectivity index (χ3n) is 6.62. The van der Waals surface area contributed by atoms with Crippen LogP contribution in [0.3, 0.4) is 0 Å². The van der Waals surface area contributed by atoms with Crippen molar-refractivity contribution in [2.24, 2.45) is 5.92 Å². The summed E-state index contributed by atoms with van der Waals surface area (Å²) in [5.74, 6) is 0.0553. The molecule has 7 nitrogen and oxygen atoms in total. The van der Waals surface area contributed by atoms with Gasteiger partial charge in [0.05, 0.1) is 17.2 Å². The van der Waals surface area contributed by atoms with Crippen LogP contribution in [-0.4, -0.2) is 44.6 Å². The molecule has 1 aliphatic heterocycles. The Bertz CT molecular complexity index is 1380. The molecule has 1 fully saturated rings. The van der Waals surface area contributed by atoms with Crippen LogP contribution in [0.5, 0.6) is 0 Å². The van der Waals surface area contributed by atoms with E-state index >= 15 is 0 Å². The number of likely N-dealkylation sites (tertiary alicyclic amines) is 1. The van der Waals surface area contributed by atoms with Crippen molar-refractivity contribution in [2.45, 2.75) is 26.7 Å². The van der Waals surface area contributed by atoms with E-state index < -0.39 is 0 Å². The first-order chi connectivity index (χ1) is 17.5. The number of aryl methyl sites for hydroxylation is 2. The fourth-order valence-electron chi connectivity index (χ4n) is 4.55. The van der Waals surface area contributed by atoms with Gasteiger partial charge in [0.15, 0.2) is 0 Å². The van der Waals surface area contributed by atoms with Gasteiger partial charge in [-0.2, -0.15) is 5.10 Å². The molecule has 0 aliphatic carbocycles. The first-order valence-corrected chi connectivity index (χ1v) is 12.2. The van der Waals surface area contributed by atoms with Gasteiger partial charge in [-0.05, 0) is 50.5 Å². The number of benzene rings is 2. The highest BCUT2D eigenvalue weighted by molar-refractivity contribution is 6.00. The molecule has 36 heavy (non-hydrogen) atoms. The number of amides is 2. The molecule has 5 rings (SSSR count). The van der Waals surface area contributed by atoms with E-state index in [2.05, 4.69) is 10.3 Å². The second-order valence-electron chi connectivity index (χ2n) is 9.29. The van der Waals surface area contributed by atoms with Crippen molar-refractivity contribution < 1.29 is 9.59 Å². The van der Waals surface area contributed by atoms with Crippen molar-refractivity contribution in [3.05, 3.63) is 95.8 Å². The summed E-state index contributed by atoms with van der Waals surface area (Å²) in [6.07, 6.45) is 4.96. The lowest BCUT2D eigenvalue weighted by atomic mass is 9.96. The largest absolute Gasteiger partial charge is 0.338 e. The van der Waals surface area contributed by atoms with E-state index in [0.29, 0.717) is 30.2 Å². The second-order valence-corrected chi connectivity index (χ2v) is 9.29. The van der Waals surface area contributed by atoms with Crippen LogP contribution in [0.25, 0.3) is 16.9 Å². The molecule has 0 spiro atoms. The van der Waals surface area contributed by atoms with Crippen LogP contribution in [0.1, 0.15) is 34.3 Å². The quantitative estimate of drug-likeness (QED) is 0.435. The fraction of sp³-hybridized carbons (Fsp3) is 0.241. The molecular formula is C29H29N5O2. The van der Waals surface area contributed by atoms with Crippen LogP contribution < -0.4 is 5.32 Å². The number of piperidine rings is 1. The summed E-state index contributed by atoms with van der Waals surface area (Å²) in [4.78, 5) is 32.9. The average molecular weight is 480 g/mol. The third kappa shape index (κ3) is 4.91. The van der Waals surface area contributed by atoms with Gasteiger partial charge in [-0.25, -0.2) is 9.67 Å². The normalized spacial score (nSPS) is 15.5. The minimum Gasteiger partial charge on any atom is -0.338 e. The summed E-state index contributed by atoms with van der Waals surface area (Å²) >= 11 is 0. The molecule has 1 unspecified atom stereocenters. The predicted octanol–water partition coefficient (Wildman–Crippen LogP) is 5.04. The van der Waals surface area contributed by atoms with E-state index in [1.807, 2.05) is 80.6 Å². The molecule has 1 saturated heterocycles. The Balaban J connectivity index is 1.41. The first kappa shape index (κ1) is 23.5. The molecule has 0 radical (unpaired) electrons. The number of carbonyl (C=O) groups excluding carboxylic acids is 2. The monoisotopic (exact) mass is 479 g/mol. The molecule has 1 aliphatic rings. The molecule has 7 heteroatoms. The smallest absolute Gasteiger partial charge is 0.257 e. The van der Waals surface area contributed by atoms with Crippen LogP contribution >= 0.6 is 0 Å². The van der Waals surface area contributed by atoms with E-state index in [-0.39, 0.29) is 17.7 Å². The Hall–Kier alpha value is -4.26. The van der Waals surface area contributed by atoms with Gasteiger partial charge in [0.1, 0.15) is 11.5 Å². The maximum absolute atomic E-state index is 13.8. The van der Waals surface area contributed by atoms with Gasteiger partial charge in [0.25, 0.3) is 5.91 Å². The summed E-state index contributed by atoms with van der Waals surface area (Å²) < 4.78 is 1.76. The highest BCUT2D eigenvalue weighted by Gasteiger charge is 2.31. The van der Waals surface area contributed by atoms with E-state index in [1.165, 1.54) is 0 Å². The molecule has 2 aromatic heterocycles. The number of anilines is 1. The van der Waals surface area contributed by atoms with Gasteiger partial charge in [0.2, 0.25) is 5.91 Å². The lowest BCUT2D eigenvalue weighted by Crippen LogP contribution is -2.44. The van der Waals surface area contributed by atoms with Crippen LogP contribution in [0.2, 0.25) is 0 Å². The highest BCUT2D eigenvalue weighted by atomic mass is 16.2. The van der Waals surface area contributed by atoms with E-state index in [9.17, 15) is 9.59 Å². The van der Waals surface area contributed by atoms with Gasteiger partial charge < -0.3 is 10.2 Å². The van der Waals surface area contributed by atoms with Gasteiger partial charge in [0, 0.05) is 31.0 Å². The van der Waals surface area contributed by atoms with Crippen LogP contribution in [0.15, 0.2) is 79.1 Å². The van der Waals surface area contributed by atoms with E-state index in [1.54, 1.807) is 22.0 Å². The minimum atomic E-state index is -0.295. The first-order valence-electron chi connectivity index (χ1n) is 12.2. The van der Waals surface area contributed by atoms with Crippen LogP contribution in [0.4, 0.5) is 5.82 Å². The Morgan fingerprint density at radius 3 is 2.50 bits per heavy atom. The minimum absolute atomic E-state index is 0.104. The number of aromatic nitrogens is 3. The van der Waals surface area contributed by atoms with Crippen molar-refractivity contribution in [3.63, 3.8) is 0 Å². The van der Waals surface area contributed by atoms with Crippen molar-refractivity contribution in [1.29, 1.82) is 0 Å². The number of nitrogens with one attached hydrogen (secondary N) is 1. The van der Waals surface area contributed by atoms with Gasteiger partial charge in [-0.3, -0.25) is 9.59 Å². The number of nitrogens with zero attached hydrogens (tertiary/aromatic N) is 4. The predicted molar refractivity (Wildman–Crippen MR) is 140 cm³/mol. The number of hydrogen-bond donors (Lipinski definition) is 1. The van der Waals surface area contributed by atoms with Crippen molar-refractivity contribution in [1.82, 2.24) is 19.7 Å². The van der Waals surface area contributed by atoms with Gasteiger partial charge in [-0.15, -0.1) is 0 Å². The van der Waals surface area contributed by atoms with E-state index in [4.69, 9.17) is 5.10 Å². The zero-order chi connectivity index (χ0) is 25.1. The number of hydrogen-bond acceptors (Lipinski definition) is 4. The summed E-state index contributed by atoms with van der Waals surface area (Å²) in [5.41, 5.74) is 5.00. The molecule has 2 aromatic carbocycles. The number of pyridine rings is 1. The summed E-state index contributed by atoms with van der Waals surface area (Å²) in [5, 5.41) is 7.74. The SMILES string of the molecule is Cc1ccc(-n2cc(C(=O)N3CCCC(C(=O)Nc4ncccc4C)C3)c(-c3ccccc3)n2)cc1. The zero-order valence-electron chi connectivity index (χ0n) is 20.5. The number of carbonyl (C=O) groups is 2. The fourth-order valence-corrected chi connectivity index (χ4v) is 4.55. The molecule has 1 atom stereocenters. The van der Waals surface area contributed by atoms with Crippen molar-refractivity contribution in [3.8, 4) is 16.9 Å². The van der Waals surface area contributed by atoms with Crippen molar-refractivity contribution >= 4 is 17.6 Å². The molecule has 1 N–H and O–H groups in total. The molecule has 0 saturated carbocycles. The van der Waals surface area contributed by atoms with Crippen molar-refractivity contribution in [2.75, 3.05) is 18.4 Å². The lowest BCUT2D eigenvalue weighted by molar-refractivity contribution is -0.121. The Morgan fingerprint density at radius 2 is 1.75 bits per heavy atom. The maximum atomic E-state index is 13.8. The lowest BCUT2D eigenvalue weighted by Gasteiger charge is -2.32. The summed E-state index contributed by atoms with van der Waals surface area (Å²) in [7, 11) is 0. The summed E-state index contributed by atoms with van der Waals surface area (Å²) in [6.45, 7) is 4.92. The molecular weight excluding hydrogens is 450 g/mol. The van der Waals surface area contributed by atoms with Crippen LogP contribution in [0, 0.1) is 19.8 Å². The molecule has 0 bridgehead atoms. The van der Waals surface area contributed by atoms with Crippen LogP contribution in [-0.2, 0) is 4.79 Å². The van der Waals surface area contributed by atoms with E-state index in [0.717, 1.165) is 35.2 Å². The zero-order valence-corrected chi connectivity index (χ0v) is 20.5. The molecule has 4 aromatic rings. The third-order valence-corrected chi connectivity index (χ3v) is 6.62. The standard InChI is InChI=1S/C29H29N5O2/c1-20-12-14-24(15-13-20)34-19-25(26(32-34)22-9-4-3-5-10-22)29(36)33-17-7-11-23(18-33)28(35)31-27-21(2)8-6-16-30-27/h3-6,8-10,12-16,19,23H,7,11,17-18H2,1-2H3,(H,30,31,35). The molecule has 2 amide bonds.